The highest BCUT2D eigenvalue weighted by Gasteiger charge is 2.34. The zero-order chi connectivity index (χ0) is 13.1. The van der Waals surface area contributed by atoms with E-state index < -0.39 is 0 Å². The molecule has 0 aromatic heterocycles. The topological polar surface area (TPSA) is 63.4 Å². The maximum Gasteiger partial charge on any atom is 0.223 e. The van der Waals surface area contributed by atoms with Gasteiger partial charge in [0.1, 0.15) is 0 Å². The van der Waals surface area contributed by atoms with Gasteiger partial charge in [-0.3, -0.25) is 9.59 Å². The predicted octanol–water partition coefficient (Wildman–Crippen LogP) is 1.68. The lowest BCUT2D eigenvalue weighted by Crippen LogP contribution is -2.37. The van der Waals surface area contributed by atoms with E-state index in [-0.39, 0.29) is 23.7 Å². The second-order valence-electron chi connectivity index (χ2n) is 5.80. The van der Waals surface area contributed by atoms with Crippen molar-refractivity contribution in [3.8, 4) is 0 Å². The van der Waals surface area contributed by atoms with Crippen LogP contribution in [0.4, 0.5) is 0 Å². The fraction of sp³-hybridized carbons (Fsp3) is 0.846. The Morgan fingerprint density at radius 1 is 1.29 bits per heavy atom. The van der Waals surface area contributed by atoms with E-state index in [9.17, 15) is 9.59 Å². The second-order valence-corrected chi connectivity index (χ2v) is 5.80. The van der Waals surface area contributed by atoms with Crippen LogP contribution in [0.2, 0.25) is 0 Å². The summed E-state index contributed by atoms with van der Waals surface area (Å²) in [6.45, 7) is 6.76. The Labute approximate surface area is 104 Å². The van der Waals surface area contributed by atoms with Gasteiger partial charge in [-0.15, -0.1) is 0 Å². The molecule has 1 rings (SSSR count). The summed E-state index contributed by atoms with van der Waals surface area (Å²) in [6.07, 6.45) is 3.91. The Hall–Kier alpha value is -1.06. The summed E-state index contributed by atoms with van der Waals surface area (Å²) < 4.78 is 0. The van der Waals surface area contributed by atoms with Crippen LogP contribution < -0.4 is 5.73 Å². The van der Waals surface area contributed by atoms with Crippen LogP contribution in [0.5, 0.6) is 0 Å². The number of nitrogens with zero attached hydrogens (tertiary/aromatic N) is 1. The smallest absolute Gasteiger partial charge is 0.223 e. The molecular weight excluding hydrogens is 216 g/mol. The molecule has 0 aliphatic heterocycles. The lowest BCUT2D eigenvalue weighted by atomic mass is 9.85. The minimum Gasteiger partial charge on any atom is -0.370 e. The van der Waals surface area contributed by atoms with Gasteiger partial charge in [-0.05, 0) is 24.7 Å². The number of hydrogen-bond donors (Lipinski definition) is 1. The van der Waals surface area contributed by atoms with E-state index in [4.69, 9.17) is 5.73 Å². The molecule has 1 fully saturated rings. The zero-order valence-electron chi connectivity index (χ0n) is 11.2. The van der Waals surface area contributed by atoms with E-state index in [0.717, 1.165) is 25.8 Å². The fourth-order valence-electron chi connectivity index (χ4n) is 2.18. The highest BCUT2D eigenvalue weighted by molar-refractivity contribution is 5.79. The molecule has 0 aromatic carbocycles. The summed E-state index contributed by atoms with van der Waals surface area (Å²) in [5.41, 5.74) is 4.87. The summed E-state index contributed by atoms with van der Waals surface area (Å²) in [5.74, 6) is -0.170. The highest BCUT2D eigenvalue weighted by Crippen LogP contribution is 2.31. The van der Waals surface area contributed by atoms with Gasteiger partial charge in [-0.25, -0.2) is 0 Å². The first kappa shape index (κ1) is 14.0. The molecule has 4 nitrogen and oxygen atoms in total. The lowest BCUT2D eigenvalue weighted by Gasteiger charge is -2.28. The van der Waals surface area contributed by atoms with Crippen molar-refractivity contribution in [3.63, 3.8) is 0 Å². The van der Waals surface area contributed by atoms with Gasteiger partial charge in [0.05, 0.1) is 0 Å². The summed E-state index contributed by atoms with van der Waals surface area (Å²) in [4.78, 5) is 25.1. The maximum atomic E-state index is 12.2. The van der Waals surface area contributed by atoms with Gasteiger partial charge in [0.25, 0.3) is 0 Å². The normalized spacial score (nSPS) is 15.7. The van der Waals surface area contributed by atoms with Crippen LogP contribution in [0.25, 0.3) is 0 Å². The van der Waals surface area contributed by atoms with Crippen molar-refractivity contribution in [2.75, 3.05) is 6.54 Å². The van der Waals surface area contributed by atoms with Crippen molar-refractivity contribution < 1.29 is 9.59 Å². The van der Waals surface area contributed by atoms with Crippen LogP contribution in [0.1, 0.15) is 52.9 Å². The van der Waals surface area contributed by atoms with Crippen molar-refractivity contribution in [2.24, 2.45) is 11.1 Å². The van der Waals surface area contributed by atoms with Crippen LogP contribution in [0.15, 0.2) is 0 Å². The van der Waals surface area contributed by atoms with Crippen LogP contribution in [0.3, 0.4) is 0 Å². The molecule has 98 valence electrons. The maximum absolute atomic E-state index is 12.2. The van der Waals surface area contributed by atoms with Crippen molar-refractivity contribution >= 4 is 11.8 Å². The first-order chi connectivity index (χ1) is 7.85. The molecular formula is C13H24N2O2. The number of nitrogens with two attached hydrogens (primary N) is 1. The average Bonchev–Trinajstić information content (AvgIpc) is 2.93. The van der Waals surface area contributed by atoms with Crippen LogP contribution in [-0.4, -0.2) is 29.3 Å². The lowest BCUT2D eigenvalue weighted by molar-refractivity contribution is -0.134. The van der Waals surface area contributed by atoms with Crippen molar-refractivity contribution in [3.05, 3.63) is 0 Å². The van der Waals surface area contributed by atoms with Gasteiger partial charge in [0, 0.05) is 25.4 Å². The van der Waals surface area contributed by atoms with Gasteiger partial charge in [0.2, 0.25) is 11.8 Å². The van der Waals surface area contributed by atoms with E-state index in [0.29, 0.717) is 12.5 Å². The molecule has 0 atom stereocenters. The van der Waals surface area contributed by atoms with Gasteiger partial charge in [0.15, 0.2) is 0 Å². The third kappa shape index (κ3) is 4.75. The fourth-order valence-corrected chi connectivity index (χ4v) is 2.18. The number of rotatable bonds is 7. The number of amides is 2. The quantitative estimate of drug-likeness (QED) is 0.736. The van der Waals surface area contributed by atoms with E-state index in [1.54, 1.807) is 0 Å². The van der Waals surface area contributed by atoms with Gasteiger partial charge in [-0.2, -0.15) is 0 Å². The molecule has 0 bridgehead atoms. The number of hydrogen-bond acceptors (Lipinski definition) is 2. The molecule has 0 aromatic rings. The largest absolute Gasteiger partial charge is 0.370 e. The molecule has 1 saturated carbocycles. The van der Waals surface area contributed by atoms with E-state index in [1.165, 1.54) is 0 Å². The van der Waals surface area contributed by atoms with Gasteiger partial charge >= 0.3 is 0 Å². The van der Waals surface area contributed by atoms with Crippen LogP contribution in [0, 0.1) is 5.41 Å². The first-order valence-corrected chi connectivity index (χ1v) is 6.43. The molecule has 4 heteroatoms. The second kappa shape index (κ2) is 5.52. The molecule has 2 N–H and O–H groups in total. The molecule has 1 aliphatic carbocycles. The minimum atomic E-state index is -0.337. The Morgan fingerprint density at radius 2 is 1.88 bits per heavy atom. The number of carbonyl (C=O) groups is 2. The number of primary amides is 1. The molecule has 0 unspecified atom stereocenters. The number of carbonyl (C=O) groups excluding carboxylic acids is 2. The van der Waals surface area contributed by atoms with Gasteiger partial charge < -0.3 is 10.6 Å². The Morgan fingerprint density at radius 3 is 2.29 bits per heavy atom. The minimum absolute atomic E-state index is 0.167. The molecule has 1 aliphatic rings. The Bertz CT molecular complexity index is 296. The highest BCUT2D eigenvalue weighted by atomic mass is 16.2. The van der Waals surface area contributed by atoms with Crippen molar-refractivity contribution in [1.82, 2.24) is 4.90 Å². The average molecular weight is 240 g/mol. The third-order valence-corrected chi connectivity index (χ3v) is 3.06. The molecule has 0 spiro atoms. The molecule has 2 amide bonds. The molecule has 17 heavy (non-hydrogen) atoms. The van der Waals surface area contributed by atoms with E-state index in [1.807, 2.05) is 18.7 Å². The van der Waals surface area contributed by atoms with E-state index >= 15 is 0 Å². The van der Waals surface area contributed by atoms with Crippen LogP contribution in [-0.2, 0) is 9.59 Å². The zero-order valence-corrected chi connectivity index (χ0v) is 11.2. The van der Waals surface area contributed by atoms with Crippen LogP contribution >= 0.6 is 0 Å². The summed E-state index contributed by atoms with van der Waals surface area (Å²) in [7, 11) is 0. The van der Waals surface area contributed by atoms with Crippen molar-refractivity contribution in [1.29, 1.82) is 0 Å². The molecule has 0 saturated heterocycles. The summed E-state index contributed by atoms with van der Waals surface area (Å²) in [6, 6.07) is 0.451. The summed E-state index contributed by atoms with van der Waals surface area (Å²) >= 11 is 0. The Balaban J connectivity index is 2.53. The SMILES string of the molecule is CCCN(C(=O)CC(C)(C)CC(N)=O)C1CC1. The monoisotopic (exact) mass is 240 g/mol. The van der Waals surface area contributed by atoms with E-state index in [2.05, 4.69) is 6.92 Å². The molecule has 0 heterocycles. The molecule has 0 radical (unpaired) electrons. The first-order valence-electron chi connectivity index (χ1n) is 6.43. The standard InChI is InChI=1S/C13H24N2O2/c1-4-7-15(10-5-6-10)12(17)9-13(2,3)8-11(14)16/h10H,4-9H2,1-3H3,(H2,14,16). The third-order valence-electron chi connectivity index (χ3n) is 3.06. The summed E-state index contributed by atoms with van der Waals surface area (Å²) in [5, 5.41) is 0. The van der Waals surface area contributed by atoms with Gasteiger partial charge in [-0.1, -0.05) is 20.8 Å². The Kier molecular flexibility index (Phi) is 4.54. The predicted molar refractivity (Wildman–Crippen MR) is 67.2 cm³/mol. The van der Waals surface area contributed by atoms with Crippen molar-refractivity contribution in [2.45, 2.75) is 58.9 Å².